The average Bonchev–Trinajstić information content (AvgIpc) is 3.05. The Morgan fingerprint density at radius 3 is 2.16 bits per heavy atom. The summed E-state index contributed by atoms with van der Waals surface area (Å²) in [6.45, 7) is 5.04. The van der Waals surface area contributed by atoms with Crippen LogP contribution in [-0.2, 0) is 22.6 Å². The molecule has 0 spiro atoms. The number of anilines is 1. The molecule has 0 fully saturated rings. The van der Waals surface area contributed by atoms with Gasteiger partial charge in [-0.3, -0.25) is 14.5 Å². The molecule has 0 saturated heterocycles. The molecule has 2 aliphatic heterocycles. The topological polar surface area (TPSA) is 40.6 Å². The summed E-state index contributed by atoms with van der Waals surface area (Å²) in [5.41, 5.74) is 7.24. The Morgan fingerprint density at radius 2 is 1.44 bits per heavy atom. The van der Waals surface area contributed by atoms with Crippen LogP contribution in [0, 0.1) is 13.8 Å². The number of hydrogen-bond acceptors (Lipinski definition) is 3. The van der Waals surface area contributed by atoms with E-state index in [9.17, 15) is 9.59 Å². The van der Waals surface area contributed by atoms with Crippen LogP contribution in [0.25, 0.3) is 5.57 Å². The molecule has 0 saturated carbocycles. The highest BCUT2D eigenvalue weighted by Crippen LogP contribution is 2.38. The first-order valence-electron chi connectivity index (χ1n) is 11.1. The summed E-state index contributed by atoms with van der Waals surface area (Å²) in [5.74, 6) is -0.444. The van der Waals surface area contributed by atoms with Gasteiger partial charge in [-0.25, -0.2) is 0 Å². The van der Waals surface area contributed by atoms with E-state index in [1.165, 1.54) is 10.5 Å². The van der Waals surface area contributed by atoms with Crippen LogP contribution in [0.15, 0.2) is 78.5 Å². The molecule has 2 aliphatic rings. The lowest BCUT2D eigenvalue weighted by molar-refractivity contribution is -0.137. The van der Waals surface area contributed by atoms with Crippen LogP contribution in [0.4, 0.5) is 5.69 Å². The lowest BCUT2D eigenvalue weighted by Crippen LogP contribution is -2.36. The van der Waals surface area contributed by atoms with E-state index in [0.29, 0.717) is 11.3 Å². The Labute approximate surface area is 188 Å². The van der Waals surface area contributed by atoms with Gasteiger partial charge in [-0.1, -0.05) is 77.9 Å². The molecular formula is C28H26N2O2. The molecule has 0 radical (unpaired) electrons. The van der Waals surface area contributed by atoms with Crippen LogP contribution in [-0.4, -0.2) is 23.3 Å². The molecule has 0 N–H and O–H groups in total. The van der Waals surface area contributed by atoms with E-state index in [1.807, 2.05) is 74.5 Å². The molecule has 0 aromatic heterocycles. The van der Waals surface area contributed by atoms with Gasteiger partial charge < -0.3 is 4.90 Å². The van der Waals surface area contributed by atoms with Gasteiger partial charge in [0.25, 0.3) is 11.8 Å². The maximum atomic E-state index is 13.8. The van der Waals surface area contributed by atoms with Crippen molar-refractivity contribution in [3.63, 3.8) is 0 Å². The second-order valence-corrected chi connectivity index (χ2v) is 8.66. The number of rotatable bonds is 4. The maximum Gasteiger partial charge on any atom is 0.278 e. The highest BCUT2D eigenvalue weighted by atomic mass is 16.2. The molecule has 5 rings (SSSR count). The molecule has 160 valence electrons. The summed E-state index contributed by atoms with van der Waals surface area (Å²) in [4.78, 5) is 30.9. The van der Waals surface area contributed by atoms with Crippen molar-refractivity contribution >= 4 is 23.1 Å². The molecule has 32 heavy (non-hydrogen) atoms. The Morgan fingerprint density at radius 1 is 0.781 bits per heavy atom. The van der Waals surface area contributed by atoms with Gasteiger partial charge in [-0.05, 0) is 49.4 Å². The molecule has 4 heteroatoms. The number of carbonyl (C=O) groups is 2. The zero-order chi connectivity index (χ0) is 22.2. The smallest absolute Gasteiger partial charge is 0.278 e. The van der Waals surface area contributed by atoms with Gasteiger partial charge in [0, 0.05) is 12.2 Å². The number of nitrogens with zero attached hydrogens (tertiary/aromatic N) is 2. The standard InChI is InChI=1S/C28H26N2O2/c1-19-9-13-21(14-10-19)18-30-27(31)25(23-15-11-20(2)12-16-23)26(28(30)32)29-17-5-7-22-6-3-4-8-24(22)29/h3-4,6,8-16H,5,7,17-18H2,1-2H3. The van der Waals surface area contributed by atoms with Crippen molar-refractivity contribution in [2.24, 2.45) is 0 Å². The van der Waals surface area contributed by atoms with Crippen LogP contribution in [0.3, 0.4) is 0 Å². The van der Waals surface area contributed by atoms with E-state index in [0.717, 1.165) is 47.3 Å². The van der Waals surface area contributed by atoms with Gasteiger partial charge in [0.2, 0.25) is 0 Å². The Balaban J connectivity index is 1.61. The summed E-state index contributed by atoms with van der Waals surface area (Å²) < 4.78 is 0. The van der Waals surface area contributed by atoms with E-state index in [4.69, 9.17) is 0 Å². The SMILES string of the molecule is Cc1ccc(CN2C(=O)C(c3ccc(C)cc3)=C(N3CCCc4ccccc43)C2=O)cc1. The molecule has 4 nitrogen and oxygen atoms in total. The molecule has 3 aromatic rings. The van der Waals surface area contributed by atoms with Crippen LogP contribution in [0.2, 0.25) is 0 Å². The maximum absolute atomic E-state index is 13.8. The van der Waals surface area contributed by atoms with Gasteiger partial charge in [0.15, 0.2) is 0 Å². The first-order valence-corrected chi connectivity index (χ1v) is 11.1. The summed E-state index contributed by atoms with van der Waals surface area (Å²) in [6.07, 6.45) is 1.93. The van der Waals surface area contributed by atoms with Gasteiger partial charge >= 0.3 is 0 Å². The van der Waals surface area contributed by atoms with Gasteiger partial charge in [-0.15, -0.1) is 0 Å². The highest BCUT2D eigenvalue weighted by Gasteiger charge is 2.42. The zero-order valence-electron chi connectivity index (χ0n) is 18.5. The minimum atomic E-state index is -0.225. The molecular weight excluding hydrogens is 396 g/mol. The molecule has 0 bridgehead atoms. The molecule has 3 aromatic carbocycles. The van der Waals surface area contributed by atoms with E-state index in [-0.39, 0.29) is 18.4 Å². The van der Waals surface area contributed by atoms with Crippen molar-refractivity contribution in [3.05, 3.63) is 106 Å². The summed E-state index contributed by atoms with van der Waals surface area (Å²) in [6, 6.07) is 24.0. The van der Waals surface area contributed by atoms with Crippen molar-refractivity contribution in [2.75, 3.05) is 11.4 Å². The van der Waals surface area contributed by atoms with Crippen molar-refractivity contribution in [3.8, 4) is 0 Å². The van der Waals surface area contributed by atoms with E-state index in [2.05, 4.69) is 17.0 Å². The largest absolute Gasteiger partial charge is 0.336 e. The van der Waals surface area contributed by atoms with Gasteiger partial charge in [0.05, 0.1) is 12.1 Å². The Hall–Kier alpha value is -3.66. The quantitative estimate of drug-likeness (QED) is 0.554. The fourth-order valence-electron chi connectivity index (χ4n) is 4.58. The monoisotopic (exact) mass is 422 g/mol. The molecule has 2 amide bonds. The number of carbonyl (C=O) groups excluding carboxylic acids is 2. The Kier molecular flexibility index (Phi) is 5.14. The lowest BCUT2D eigenvalue weighted by Gasteiger charge is -2.32. The third kappa shape index (κ3) is 3.52. The number of para-hydroxylation sites is 1. The van der Waals surface area contributed by atoms with E-state index < -0.39 is 0 Å². The van der Waals surface area contributed by atoms with E-state index in [1.54, 1.807) is 0 Å². The summed E-state index contributed by atoms with van der Waals surface area (Å²) >= 11 is 0. The van der Waals surface area contributed by atoms with Crippen LogP contribution in [0.5, 0.6) is 0 Å². The molecule has 0 unspecified atom stereocenters. The van der Waals surface area contributed by atoms with E-state index >= 15 is 0 Å². The number of benzene rings is 3. The van der Waals surface area contributed by atoms with Crippen LogP contribution >= 0.6 is 0 Å². The number of amides is 2. The lowest BCUT2D eigenvalue weighted by atomic mass is 9.98. The predicted octanol–water partition coefficient (Wildman–Crippen LogP) is 5.04. The third-order valence-electron chi connectivity index (χ3n) is 6.33. The van der Waals surface area contributed by atoms with Crippen molar-refractivity contribution in [2.45, 2.75) is 33.2 Å². The van der Waals surface area contributed by atoms with Gasteiger partial charge in [0.1, 0.15) is 5.70 Å². The summed E-state index contributed by atoms with van der Waals surface area (Å²) in [5, 5.41) is 0. The van der Waals surface area contributed by atoms with Crippen LogP contribution < -0.4 is 4.90 Å². The van der Waals surface area contributed by atoms with Crippen LogP contribution in [0.1, 0.15) is 34.2 Å². The highest BCUT2D eigenvalue weighted by molar-refractivity contribution is 6.36. The van der Waals surface area contributed by atoms with Crippen molar-refractivity contribution in [1.29, 1.82) is 0 Å². The minimum Gasteiger partial charge on any atom is -0.336 e. The first-order chi connectivity index (χ1) is 15.5. The van der Waals surface area contributed by atoms with Crippen molar-refractivity contribution < 1.29 is 9.59 Å². The average molecular weight is 423 g/mol. The predicted molar refractivity (Wildman–Crippen MR) is 127 cm³/mol. The molecule has 0 atom stereocenters. The fourth-order valence-corrected chi connectivity index (χ4v) is 4.58. The number of imide groups is 1. The second-order valence-electron chi connectivity index (χ2n) is 8.66. The zero-order valence-corrected chi connectivity index (χ0v) is 18.5. The number of hydrogen-bond donors (Lipinski definition) is 0. The Bertz CT molecular complexity index is 1220. The minimum absolute atomic E-state index is 0.220. The third-order valence-corrected chi connectivity index (χ3v) is 6.33. The number of fused-ring (bicyclic) bond motifs is 1. The first kappa shape index (κ1) is 20.3. The normalized spacial score (nSPS) is 16.1. The molecule has 0 aliphatic carbocycles. The number of aryl methyl sites for hydroxylation is 3. The second kappa shape index (κ2) is 8.12. The molecule has 2 heterocycles. The fraction of sp³-hybridized carbons (Fsp3) is 0.214. The summed E-state index contributed by atoms with van der Waals surface area (Å²) in [7, 11) is 0. The van der Waals surface area contributed by atoms with Gasteiger partial charge in [-0.2, -0.15) is 0 Å². The van der Waals surface area contributed by atoms with Crippen molar-refractivity contribution in [1.82, 2.24) is 4.90 Å².